The zero-order valence-electron chi connectivity index (χ0n) is 9.49. The van der Waals surface area contributed by atoms with Crippen LogP contribution in [0.3, 0.4) is 0 Å². The summed E-state index contributed by atoms with van der Waals surface area (Å²) >= 11 is 0. The summed E-state index contributed by atoms with van der Waals surface area (Å²) in [6.45, 7) is 5.32. The zero-order chi connectivity index (χ0) is 12.0. The van der Waals surface area contributed by atoms with Gasteiger partial charge in [0.1, 0.15) is 6.04 Å². The van der Waals surface area contributed by atoms with Crippen LogP contribution in [0.5, 0.6) is 0 Å². The van der Waals surface area contributed by atoms with Crippen molar-refractivity contribution in [3.8, 4) is 0 Å². The van der Waals surface area contributed by atoms with Crippen molar-refractivity contribution >= 4 is 11.9 Å². The lowest BCUT2D eigenvalue weighted by molar-refractivity contribution is -0.143. The third-order valence-electron chi connectivity index (χ3n) is 2.08. The number of carboxylic acids is 1. The van der Waals surface area contributed by atoms with Crippen molar-refractivity contribution in [2.45, 2.75) is 45.7 Å². The van der Waals surface area contributed by atoms with Crippen LogP contribution in [0.2, 0.25) is 0 Å². The SMILES string of the molecule is CC(N)CCC(=O)N[C@H](C(=O)O)C(C)C. The minimum atomic E-state index is -1.00. The molecule has 0 aliphatic rings. The second-order valence-corrected chi connectivity index (χ2v) is 4.14. The van der Waals surface area contributed by atoms with Crippen molar-refractivity contribution in [1.29, 1.82) is 0 Å². The molecule has 15 heavy (non-hydrogen) atoms. The number of amides is 1. The van der Waals surface area contributed by atoms with Gasteiger partial charge in [-0.1, -0.05) is 13.8 Å². The minimum Gasteiger partial charge on any atom is -0.480 e. The molecular weight excluding hydrogens is 196 g/mol. The van der Waals surface area contributed by atoms with Gasteiger partial charge in [0.15, 0.2) is 0 Å². The molecule has 88 valence electrons. The number of carboxylic acid groups (broad SMARTS) is 1. The molecular formula is C10H20N2O3. The van der Waals surface area contributed by atoms with Crippen molar-refractivity contribution in [2.24, 2.45) is 11.7 Å². The fourth-order valence-electron chi connectivity index (χ4n) is 1.12. The molecule has 0 aliphatic carbocycles. The van der Waals surface area contributed by atoms with E-state index >= 15 is 0 Å². The number of hydrogen-bond acceptors (Lipinski definition) is 3. The Morgan fingerprint density at radius 1 is 1.33 bits per heavy atom. The molecule has 5 nitrogen and oxygen atoms in total. The first-order valence-electron chi connectivity index (χ1n) is 5.12. The molecule has 4 N–H and O–H groups in total. The molecule has 0 saturated carbocycles. The fourth-order valence-corrected chi connectivity index (χ4v) is 1.12. The first kappa shape index (κ1) is 13.9. The van der Waals surface area contributed by atoms with Crippen molar-refractivity contribution in [3.05, 3.63) is 0 Å². The molecule has 0 aliphatic heterocycles. The van der Waals surface area contributed by atoms with E-state index in [1.54, 1.807) is 13.8 Å². The van der Waals surface area contributed by atoms with E-state index in [4.69, 9.17) is 10.8 Å². The van der Waals surface area contributed by atoms with Gasteiger partial charge in [0.05, 0.1) is 0 Å². The van der Waals surface area contributed by atoms with Gasteiger partial charge in [-0.15, -0.1) is 0 Å². The molecule has 0 spiro atoms. The Morgan fingerprint density at radius 2 is 1.87 bits per heavy atom. The highest BCUT2D eigenvalue weighted by Gasteiger charge is 2.22. The van der Waals surface area contributed by atoms with Crippen LogP contribution < -0.4 is 11.1 Å². The maximum Gasteiger partial charge on any atom is 0.326 e. The van der Waals surface area contributed by atoms with Crippen LogP contribution in [0.15, 0.2) is 0 Å². The molecule has 0 aromatic carbocycles. The fraction of sp³-hybridized carbons (Fsp3) is 0.800. The summed E-state index contributed by atoms with van der Waals surface area (Å²) in [4.78, 5) is 22.1. The molecule has 0 bridgehead atoms. The Balaban J connectivity index is 4.07. The van der Waals surface area contributed by atoms with Crippen LogP contribution >= 0.6 is 0 Å². The standard InChI is InChI=1S/C10H20N2O3/c1-6(2)9(10(14)15)12-8(13)5-4-7(3)11/h6-7,9H,4-5,11H2,1-3H3,(H,12,13)(H,14,15)/t7?,9-/m0/s1. The lowest BCUT2D eigenvalue weighted by Gasteiger charge is -2.18. The van der Waals surface area contributed by atoms with Gasteiger partial charge in [0, 0.05) is 12.5 Å². The summed E-state index contributed by atoms with van der Waals surface area (Å²) in [6.07, 6.45) is 0.838. The van der Waals surface area contributed by atoms with E-state index in [9.17, 15) is 9.59 Å². The predicted octanol–water partition coefficient (Wildman–Crippen LogP) is 0.339. The van der Waals surface area contributed by atoms with Crippen LogP contribution in [-0.2, 0) is 9.59 Å². The number of nitrogens with one attached hydrogen (secondary N) is 1. The van der Waals surface area contributed by atoms with Gasteiger partial charge in [0.25, 0.3) is 0 Å². The highest BCUT2D eigenvalue weighted by molar-refractivity contribution is 5.83. The first-order valence-corrected chi connectivity index (χ1v) is 5.12. The number of rotatable bonds is 6. The van der Waals surface area contributed by atoms with Crippen LogP contribution in [-0.4, -0.2) is 29.1 Å². The van der Waals surface area contributed by atoms with Crippen molar-refractivity contribution < 1.29 is 14.7 Å². The summed E-state index contributed by atoms with van der Waals surface area (Å²) in [7, 11) is 0. The van der Waals surface area contributed by atoms with Crippen molar-refractivity contribution in [1.82, 2.24) is 5.32 Å². The first-order chi connectivity index (χ1) is 6.84. The van der Waals surface area contributed by atoms with Gasteiger partial charge in [-0.3, -0.25) is 4.79 Å². The molecule has 0 saturated heterocycles. The second-order valence-electron chi connectivity index (χ2n) is 4.14. The smallest absolute Gasteiger partial charge is 0.326 e. The number of nitrogens with two attached hydrogens (primary N) is 1. The largest absolute Gasteiger partial charge is 0.480 e. The quantitative estimate of drug-likeness (QED) is 0.597. The van der Waals surface area contributed by atoms with E-state index in [1.807, 2.05) is 6.92 Å². The Bertz CT molecular complexity index is 227. The average molecular weight is 216 g/mol. The van der Waals surface area contributed by atoms with Crippen molar-refractivity contribution in [3.63, 3.8) is 0 Å². The highest BCUT2D eigenvalue weighted by atomic mass is 16.4. The summed E-state index contributed by atoms with van der Waals surface area (Å²) in [5.74, 6) is -1.38. The molecule has 0 heterocycles. The van der Waals surface area contributed by atoms with E-state index in [0.29, 0.717) is 6.42 Å². The van der Waals surface area contributed by atoms with Gasteiger partial charge < -0.3 is 16.2 Å². The van der Waals surface area contributed by atoms with Gasteiger partial charge in [-0.2, -0.15) is 0 Å². The molecule has 1 unspecified atom stereocenters. The molecule has 0 aromatic heterocycles. The van der Waals surface area contributed by atoms with Crippen LogP contribution in [0, 0.1) is 5.92 Å². The third-order valence-corrected chi connectivity index (χ3v) is 2.08. The number of hydrogen-bond donors (Lipinski definition) is 3. The molecule has 0 fully saturated rings. The number of aliphatic carboxylic acids is 1. The van der Waals surface area contributed by atoms with E-state index < -0.39 is 12.0 Å². The van der Waals surface area contributed by atoms with E-state index in [1.165, 1.54) is 0 Å². The maximum absolute atomic E-state index is 11.3. The summed E-state index contributed by atoms with van der Waals surface area (Å²) < 4.78 is 0. The Labute approximate surface area is 90.0 Å². The predicted molar refractivity (Wildman–Crippen MR) is 57.3 cm³/mol. The summed E-state index contributed by atoms with van der Waals surface area (Å²) in [5.41, 5.74) is 5.49. The third kappa shape index (κ3) is 6.06. The molecule has 0 radical (unpaired) electrons. The summed E-state index contributed by atoms with van der Waals surface area (Å²) in [5, 5.41) is 11.3. The normalized spacial score (nSPS) is 14.7. The summed E-state index contributed by atoms with van der Waals surface area (Å²) in [6, 6.07) is -0.858. The van der Waals surface area contributed by atoms with Crippen LogP contribution in [0.4, 0.5) is 0 Å². The number of carbonyl (C=O) groups is 2. The van der Waals surface area contributed by atoms with Gasteiger partial charge in [-0.25, -0.2) is 4.79 Å². The molecule has 2 atom stereocenters. The molecule has 0 aromatic rings. The average Bonchev–Trinajstić information content (AvgIpc) is 2.09. The zero-order valence-corrected chi connectivity index (χ0v) is 9.49. The molecule has 1 amide bonds. The minimum absolute atomic E-state index is 0.0434. The maximum atomic E-state index is 11.3. The lowest BCUT2D eigenvalue weighted by Crippen LogP contribution is -2.44. The van der Waals surface area contributed by atoms with Crippen molar-refractivity contribution in [2.75, 3.05) is 0 Å². The topological polar surface area (TPSA) is 92.4 Å². The number of carbonyl (C=O) groups excluding carboxylic acids is 1. The Kier molecular flexibility index (Phi) is 5.93. The van der Waals surface area contributed by atoms with Gasteiger partial charge in [0.2, 0.25) is 5.91 Å². The Hall–Kier alpha value is -1.10. The van der Waals surface area contributed by atoms with Crippen LogP contribution in [0.25, 0.3) is 0 Å². The Morgan fingerprint density at radius 3 is 2.20 bits per heavy atom. The monoisotopic (exact) mass is 216 g/mol. The van der Waals surface area contributed by atoms with E-state index in [-0.39, 0.29) is 24.3 Å². The molecule has 0 rings (SSSR count). The second kappa shape index (κ2) is 6.40. The molecule has 5 heteroatoms. The highest BCUT2D eigenvalue weighted by Crippen LogP contribution is 2.03. The van der Waals surface area contributed by atoms with E-state index in [2.05, 4.69) is 5.32 Å². The van der Waals surface area contributed by atoms with Gasteiger partial charge in [-0.05, 0) is 19.3 Å². The van der Waals surface area contributed by atoms with Gasteiger partial charge >= 0.3 is 5.97 Å². The lowest BCUT2D eigenvalue weighted by atomic mass is 10.0. The van der Waals surface area contributed by atoms with E-state index in [0.717, 1.165) is 0 Å². The van der Waals surface area contributed by atoms with Crippen LogP contribution in [0.1, 0.15) is 33.6 Å².